The van der Waals surface area contributed by atoms with Crippen LogP contribution in [0, 0.1) is 17.3 Å². The molecule has 0 heterocycles. The zero-order valence-electron chi connectivity index (χ0n) is 24.8. The molecule has 6 heteroatoms. The second kappa shape index (κ2) is 11.7. The molecule has 0 amide bonds. The summed E-state index contributed by atoms with van der Waals surface area (Å²) in [5.74, 6) is 0.462. The van der Waals surface area contributed by atoms with Crippen LogP contribution in [0.1, 0.15) is 88.0 Å². The molecule has 0 saturated carbocycles. The van der Waals surface area contributed by atoms with E-state index in [0.29, 0.717) is 12.5 Å². The number of hydrogen-bond donors (Lipinski definition) is 0. The quantitative estimate of drug-likeness (QED) is 0.121. The van der Waals surface area contributed by atoms with Crippen LogP contribution < -0.4 is 0 Å². The zero-order chi connectivity index (χ0) is 26.6. The van der Waals surface area contributed by atoms with E-state index in [1.54, 1.807) is 0 Å². The highest BCUT2D eigenvalue weighted by atomic mass is 28.4. The Kier molecular flexibility index (Phi) is 10.9. The van der Waals surface area contributed by atoms with E-state index in [-0.39, 0.29) is 28.1 Å². The van der Waals surface area contributed by atoms with Gasteiger partial charge in [0.1, 0.15) is 0 Å². The van der Waals surface area contributed by atoms with E-state index in [0.717, 1.165) is 32.3 Å². The summed E-state index contributed by atoms with van der Waals surface area (Å²) in [7, 11) is -3.62. The summed E-state index contributed by atoms with van der Waals surface area (Å²) in [4.78, 5) is 12.4. The van der Waals surface area contributed by atoms with Crippen LogP contribution in [0.15, 0.2) is 12.2 Å². The molecule has 0 aromatic rings. The van der Waals surface area contributed by atoms with E-state index < -0.39 is 22.0 Å². The van der Waals surface area contributed by atoms with Gasteiger partial charge in [-0.15, -0.1) is 0 Å². The summed E-state index contributed by atoms with van der Waals surface area (Å²) in [5, 5.41) is 0.408. The first-order chi connectivity index (χ1) is 15.2. The molecule has 0 aromatic carbocycles. The van der Waals surface area contributed by atoms with E-state index in [2.05, 4.69) is 79.9 Å². The number of ether oxygens (including phenoxy) is 1. The topological polar surface area (TPSA) is 44.8 Å². The van der Waals surface area contributed by atoms with Crippen LogP contribution in [-0.2, 0) is 18.4 Å². The van der Waals surface area contributed by atoms with E-state index in [1.807, 2.05) is 20.8 Å². The molecule has 0 aromatic heterocycles. The molecule has 0 saturated heterocycles. The van der Waals surface area contributed by atoms with Gasteiger partial charge >= 0.3 is 5.97 Å². The lowest BCUT2D eigenvalue weighted by Gasteiger charge is -2.42. The number of carbonyl (C=O) groups excluding carboxylic acids is 1. The first-order valence-corrected chi connectivity index (χ1v) is 19.2. The van der Waals surface area contributed by atoms with E-state index in [9.17, 15) is 4.79 Å². The Balaban J connectivity index is 2.84. The van der Waals surface area contributed by atoms with E-state index in [4.69, 9.17) is 13.6 Å². The average Bonchev–Trinajstić information content (AvgIpc) is 3.10. The summed E-state index contributed by atoms with van der Waals surface area (Å²) < 4.78 is 19.2. The van der Waals surface area contributed by atoms with Gasteiger partial charge in [0.2, 0.25) is 0 Å². The number of allylic oxidation sites excluding steroid dienone is 1. The summed E-state index contributed by atoms with van der Waals surface area (Å²) >= 11 is 0. The van der Waals surface area contributed by atoms with E-state index >= 15 is 0 Å². The Morgan fingerprint density at radius 1 is 0.912 bits per heavy atom. The van der Waals surface area contributed by atoms with Crippen molar-refractivity contribution in [2.75, 3.05) is 13.2 Å². The number of carbonyl (C=O) groups is 1. The second-order valence-electron chi connectivity index (χ2n) is 14.4. The fraction of sp³-hybridized carbons (Fsp3) is 0.893. The van der Waals surface area contributed by atoms with Gasteiger partial charge < -0.3 is 13.6 Å². The molecule has 34 heavy (non-hydrogen) atoms. The van der Waals surface area contributed by atoms with Crippen LogP contribution in [0.3, 0.4) is 0 Å². The van der Waals surface area contributed by atoms with Gasteiger partial charge in [-0.1, -0.05) is 53.7 Å². The monoisotopic (exact) mass is 512 g/mol. The summed E-state index contributed by atoms with van der Waals surface area (Å²) in [6, 6.07) is 0. The molecule has 0 fully saturated rings. The van der Waals surface area contributed by atoms with Gasteiger partial charge in [0.15, 0.2) is 16.6 Å². The van der Waals surface area contributed by atoms with Gasteiger partial charge in [-0.3, -0.25) is 4.79 Å². The predicted octanol–water partition coefficient (Wildman–Crippen LogP) is 8.35. The second-order valence-corrected chi connectivity index (χ2v) is 23.9. The summed E-state index contributed by atoms with van der Waals surface area (Å²) in [6.45, 7) is 30.1. The Bertz CT molecular complexity index is 678. The van der Waals surface area contributed by atoms with Crippen LogP contribution in [0.25, 0.3) is 0 Å². The molecule has 0 bridgehead atoms. The minimum absolute atomic E-state index is 0.129. The largest absolute Gasteiger partial charge is 0.465 e. The van der Waals surface area contributed by atoms with Crippen molar-refractivity contribution in [1.29, 1.82) is 0 Å². The van der Waals surface area contributed by atoms with Crippen molar-refractivity contribution in [3.05, 3.63) is 12.2 Å². The molecular formula is C28H56O4Si2. The molecule has 1 rings (SSSR count). The minimum atomic E-state index is -1.92. The molecule has 200 valence electrons. The maximum Gasteiger partial charge on any atom is 0.311 e. The third-order valence-electron chi connectivity index (χ3n) is 8.24. The van der Waals surface area contributed by atoms with Gasteiger partial charge in [-0.05, 0) is 88.6 Å². The summed E-state index contributed by atoms with van der Waals surface area (Å²) in [6.07, 6.45) is 8.86. The molecule has 1 aliphatic rings. The zero-order valence-corrected chi connectivity index (χ0v) is 26.8. The van der Waals surface area contributed by atoms with Crippen LogP contribution in [0.4, 0.5) is 0 Å². The average molecular weight is 513 g/mol. The van der Waals surface area contributed by atoms with Gasteiger partial charge in [0.25, 0.3) is 0 Å². The molecular weight excluding hydrogens is 456 g/mol. The maximum absolute atomic E-state index is 12.4. The Morgan fingerprint density at radius 3 is 1.97 bits per heavy atom. The van der Waals surface area contributed by atoms with Crippen molar-refractivity contribution in [2.24, 2.45) is 17.3 Å². The molecule has 0 radical (unpaired) electrons. The molecule has 3 atom stereocenters. The Hall–Kier alpha value is -0.436. The maximum atomic E-state index is 12.4. The number of rotatable bonds is 11. The van der Waals surface area contributed by atoms with Crippen LogP contribution in [-0.4, -0.2) is 41.9 Å². The van der Waals surface area contributed by atoms with Crippen LogP contribution >= 0.6 is 0 Å². The third kappa shape index (κ3) is 9.22. The fourth-order valence-electron chi connectivity index (χ4n) is 3.63. The number of esters is 1. The van der Waals surface area contributed by atoms with Gasteiger partial charge in [0.05, 0.1) is 12.0 Å². The van der Waals surface area contributed by atoms with Crippen molar-refractivity contribution in [1.82, 2.24) is 0 Å². The molecule has 0 spiro atoms. The van der Waals surface area contributed by atoms with Crippen molar-refractivity contribution in [2.45, 2.75) is 130 Å². The predicted molar refractivity (Wildman–Crippen MR) is 150 cm³/mol. The number of unbranched alkanes of at least 4 members (excludes halogenated alkanes) is 1. The number of hydrogen-bond acceptors (Lipinski definition) is 4. The third-order valence-corrected chi connectivity index (χ3v) is 17.3. The van der Waals surface area contributed by atoms with Gasteiger partial charge in [-0.2, -0.15) is 0 Å². The van der Waals surface area contributed by atoms with Gasteiger partial charge in [0, 0.05) is 18.6 Å². The molecule has 0 N–H and O–H groups in total. The Morgan fingerprint density at radius 2 is 1.47 bits per heavy atom. The lowest BCUT2D eigenvalue weighted by Crippen LogP contribution is -2.46. The lowest BCUT2D eigenvalue weighted by molar-refractivity contribution is -0.154. The highest BCUT2D eigenvalue weighted by molar-refractivity contribution is 6.74. The highest BCUT2D eigenvalue weighted by Gasteiger charge is 2.42. The van der Waals surface area contributed by atoms with Crippen molar-refractivity contribution >= 4 is 22.6 Å². The first-order valence-electron chi connectivity index (χ1n) is 13.3. The van der Waals surface area contributed by atoms with Crippen molar-refractivity contribution in [3.63, 3.8) is 0 Å². The SMILES string of the molecule is CC(C)(C)C(=O)OC[C@H]1C=CC[C@@H]1[C@H](CCCCO[Si](C)(C)C(C)(C)C)O[Si](C)(C)C(C)(C)C. The molecule has 4 nitrogen and oxygen atoms in total. The minimum Gasteiger partial charge on any atom is -0.465 e. The molecule has 1 aliphatic carbocycles. The fourth-order valence-corrected chi connectivity index (χ4v) is 6.12. The first kappa shape index (κ1) is 31.6. The smallest absolute Gasteiger partial charge is 0.311 e. The highest BCUT2D eigenvalue weighted by Crippen LogP contribution is 2.42. The van der Waals surface area contributed by atoms with Crippen LogP contribution in [0.5, 0.6) is 0 Å². The van der Waals surface area contributed by atoms with E-state index in [1.165, 1.54) is 0 Å². The standard InChI is InChI=1S/C28H56O4Si2/c1-26(2,3)25(29)30-21-22-17-16-18-23(22)24(32-34(12,13)28(7,8)9)19-14-15-20-31-33(10,11)27(4,5)6/h16-17,22-24H,14-15,18-21H2,1-13H3/t22-,23+,24+/m1/s1. The summed E-state index contributed by atoms with van der Waals surface area (Å²) in [5.41, 5.74) is -0.473. The van der Waals surface area contributed by atoms with Crippen molar-refractivity contribution in [3.8, 4) is 0 Å². The van der Waals surface area contributed by atoms with Crippen LogP contribution in [0.2, 0.25) is 36.3 Å². The lowest BCUT2D eigenvalue weighted by atomic mass is 9.88. The van der Waals surface area contributed by atoms with Crippen molar-refractivity contribution < 1.29 is 18.4 Å². The molecule has 0 aliphatic heterocycles. The Labute approximate surface area is 213 Å². The van der Waals surface area contributed by atoms with Gasteiger partial charge in [-0.25, -0.2) is 0 Å². The molecule has 0 unspecified atom stereocenters. The normalized spacial score (nSPS) is 21.1.